The monoisotopic (exact) mass is 358 g/mol. The molecule has 0 unspecified atom stereocenters. The minimum atomic E-state index is 0.952. The summed E-state index contributed by atoms with van der Waals surface area (Å²) in [5.74, 6) is 0. The van der Waals surface area contributed by atoms with Gasteiger partial charge < -0.3 is 5.32 Å². The molecule has 5 heteroatoms. The summed E-state index contributed by atoms with van der Waals surface area (Å²) in [4.78, 5) is 7.49. The van der Waals surface area contributed by atoms with Crippen molar-refractivity contribution in [3.05, 3.63) is 26.5 Å². The van der Waals surface area contributed by atoms with Gasteiger partial charge >= 0.3 is 0 Å². The summed E-state index contributed by atoms with van der Waals surface area (Å²) in [6.07, 6.45) is 3.40. The molecule has 0 atom stereocenters. The van der Waals surface area contributed by atoms with Gasteiger partial charge in [-0.3, -0.25) is 0 Å². The molecule has 0 aliphatic rings. The van der Waals surface area contributed by atoms with Crippen molar-refractivity contribution in [1.29, 1.82) is 0 Å². The highest BCUT2D eigenvalue weighted by atomic mass is 79.9. The third-order valence-electron chi connectivity index (χ3n) is 2.76. The fraction of sp³-hybridized carbons (Fsp3) is 0.500. The summed E-state index contributed by atoms with van der Waals surface area (Å²) in [5.41, 5.74) is 1.27. The number of aryl methyl sites for hydroxylation is 1. The van der Waals surface area contributed by atoms with E-state index in [1.54, 1.807) is 11.3 Å². The van der Waals surface area contributed by atoms with Crippen LogP contribution in [0.1, 0.15) is 37.3 Å². The molecule has 0 spiro atoms. The van der Waals surface area contributed by atoms with Crippen LogP contribution in [0.5, 0.6) is 0 Å². The quantitative estimate of drug-likeness (QED) is 0.697. The lowest BCUT2D eigenvalue weighted by Gasteiger charge is -2.02. The molecule has 0 aliphatic carbocycles. The topological polar surface area (TPSA) is 24.9 Å². The van der Waals surface area contributed by atoms with Crippen molar-refractivity contribution in [2.45, 2.75) is 39.7 Å². The van der Waals surface area contributed by atoms with Gasteiger partial charge in [-0.1, -0.05) is 20.3 Å². The van der Waals surface area contributed by atoms with E-state index >= 15 is 0 Å². The largest absolute Gasteiger partial charge is 0.312 e. The van der Waals surface area contributed by atoms with Gasteiger partial charge in [0.1, 0.15) is 5.01 Å². The van der Waals surface area contributed by atoms with E-state index in [2.05, 4.69) is 47.2 Å². The summed E-state index contributed by atoms with van der Waals surface area (Å²) in [6.45, 7) is 6.43. The number of rotatable bonds is 7. The summed E-state index contributed by atoms with van der Waals surface area (Å²) < 4.78 is 1.17. The first-order chi connectivity index (χ1) is 9.24. The van der Waals surface area contributed by atoms with Crippen LogP contribution in [0.15, 0.2) is 15.9 Å². The Balaban J connectivity index is 2.18. The molecule has 104 valence electrons. The fourth-order valence-corrected chi connectivity index (χ4v) is 4.39. The zero-order valence-corrected chi connectivity index (χ0v) is 14.6. The smallest absolute Gasteiger partial charge is 0.133 e. The van der Waals surface area contributed by atoms with E-state index in [1.807, 2.05) is 11.3 Å². The van der Waals surface area contributed by atoms with Gasteiger partial charge in [0.25, 0.3) is 0 Å². The van der Waals surface area contributed by atoms with Crippen LogP contribution >= 0.6 is 38.6 Å². The Hall–Kier alpha value is -0.230. The highest BCUT2D eigenvalue weighted by Gasteiger charge is 2.13. The molecule has 2 nitrogen and oxygen atoms in total. The van der Waals surface area contributed by atoms with Crippen molar-refractivity contribution in [2.24, 2.45) is 0 Å². The maximum absolute atomic E-state index is 4.83. The fourth-order valence-electron chi connectivity index (χ4n) is 1.87. The molecule has 0 aromatic carbocycles. The van der Waals surface area contributed by atoms with Gasteiger partial charge in [0.2, 0.25) is 0 Å². The molecule has 2 heterocycles. The van der Waals surface area contributed by atoms with Crippen LogP contribution in [0.25, 0.3) is 9.88 Å². The van der Waals surface area contributed by atoms with Crippen molar-refractivity contribution in [1.82, 2.24) is 10.3 Å². The normalized spacial score (nSPS) is 11.1. The third kappa shape index (κ3) is 4.12. The van der Waals surface area contributed by atoms with Crippen molar-refractivity contribution >= 4 is 38.6 Å². The van der Waals surface area contributed by atoms with E-state index < -0.39 is 0 Å². The van der Waals surface area contributed by atoms with Gasteiger partial charge in [-0.2, -0.15) is 0 Å². The molecular formula is C14H19BrN2S2. The van der Waals surface area contributed by atoms with E-state index in [9.17, 15) is 0 Å². The minimum Gasteiger partial charge on any atom is -0.312 e. The highest BCUT2D eigenvalue weighted by Crippen LogP contribution is 2.35. The Bertz CT molecular complexity index is 519. The lowest BCUT2D eigenvalue weighted by Crippen LogP contribution is -2.13. The lowest BCUT2D eigenvalue weighted by molar-refractivity contribution is 0.674. The average Bonchev–Trinajstić information content (AvgIpc) is 2.97. The first kappa shape index (κ1) is 15.2. The molecule has 0 bridgehead atoms. The molecule has 0 fully saturated rings. The van der Waals surface area contributed by atoms with Crippen LogP contribution in [-0.4, -0.2) is 11.5 Å². The average molecular weight is 359 g/mol. The van der Waals surface area contributed by atoms with Gasteiger partial charge in [0.05, 0.1) is 14.4 Å². The van der Waals surface area contributed by atoms with E-state index in [0.717, 1.165) is 30.9 Å². The van der Waals surface area contributed by atoms with Gasteiger partial charge in [-0.05, 0) is 47.4 Å². The van der Waals surface area contributed by atoms with Crippen LogP contribution in [0.4, 0.5) is 0 Å². The van der Waals surface area contributed by atoms with Crippen LogP contribution in [0.3, 0.4) is 0 Å². The van der Waals surface area contributed by atoms with Crippen LogP contribution < -0.4 is 5.32 Å². The van der Waals surface area contributed by atoms with E-state index in [1.165, 1.54) is 25.7 Å². The standard InChI is InChI=1S/C14H19BrN2S2/c1-3-5-10-12(9-16-8-4-2)19-14(17-10)11-6-7-13(15)18-11/h6-7,16H,3-5,8-9H2,1-2H3. The van der Waals surface area contributed by atoms with E-state index in [4.69, 9.17) is 4.98 Å². The zero-order chi connectivity index (χ0) is 13.7. The predicted molar refractivity (Wildman–Crippen MR) is 89.1 cm³/mol. The summed E-state index contributed by atoms with van der Waals surface area (Å²) in [5, 5.41) is 4.64. The number of halogens is 1. The summed E-state index contributed by atoms with van der Waals surface area (Å²) in [6, 6.07) is 4.24. The van der Waals surface area contributed by atoms with Gasteiger partial charge in [-0.25, -0.2) is 4.98 Å². The van der Waals surface area contributed by atoms with E-state index in [0.29, 0.717) is 0 Å². The zero-order valence-electron chi connectivity index (χ0n) is 11.3. The number of thiophene rings is 1. The molecule has 19 heavy (non-hydrogen) atoms. The molecule has 0 saturated heterocycles. The molecule has 0 saturated carbocycles. The number of hydrogen-bond donors (Lipinski definition) is 1. The van der Waals surface area contributed by atoms with Gasteiger partial charge in [0.15, 0.2) is 0 Å². The molecule has 0 radical (unpaired) electrons. The van der Waals surface area contributed by atoms with Gasteiger partial charge in [-0.15, -0.1) is 22.7 Å². The Morgan fingerprint density at radius 1 is 1.21 bits per heavy atom. The SMILES string of the molecule is CCCNCc1sc(-c2ccc(Br)s2)nc1CCC. The highest BCUT2D eigenvalue weighted by molar-refractivity contribution is 9.11. The number of aromatic nitrogens is 1. The van der Waals surface area contributed by atoms with Crippen molar-refractivity contribution in [2.75, 3.05) is 6.54 Å². The Kier molecular flexibility index (Phi) is 6.01. The molecule has 2 aromatic heterocycles. The second-order valence-corrected chi connectivity index (χ2v) is 7.97. The number of nitrogens with zero attached hydrogens (tertiary/aromatic N) is 1. The second kappa shape index (κ2) is 7.53. The molecule has 2 rings (SSSR count). The first-order valence-electron chi connectivity index (χ1n) is 6.69. The van der Waals surface area contributed by atoms with E-state index in [-0.39, 0.29) is 0 Å². The van der Waals surface area contributed by atoms with Crippen LogP contribution in [-0.2, 0) is 13.0 Å². The lowest BCUT2D eigenvalue weighted by atomic mass is 10.2. The summed E-state index contributed by atoms with van der Waals surface area (Å²) >= 11 is 7.11. The maximum Gasteiger partial charge on any atom is 0.133 e. The molecule has 0 aliphatic heterocycles. The molecule has 0 amide bonds. The Morgan fingerprint density at radius 2 is 2.05 bits per heavy atom. The Morgan fingerprint density at radius 3 is 2.68 bits per heavy atom. The maximum atomic E-state index is 4.83. The number of hydrogen-bond acceptors (Lipinski definition) is 4. The number of nitrogens with one attached hydrogen (secondary N) is 1. The van der Waals surface area contributed by atoms with Gasteiger partial charge in [0, 0.05) is 11.4 Å². The van der Waals surface area contributed by atoms with Crippen molar-refractivity contribution in [3.63, 3.8) is 0 Å². The Labute approximate surface area is 131 Å². The second-order valence-electron chi connectivity index (χ2n) is 4.42. The van der Waals surface area contributed by atoms with Crippen LogP contribution in [0, 0.1) is 0 Å². The van der Waals surface area contributed by atoms with Crippen molar-refractivity contribution in [3.8, 4) is 9.88 Å². The minimum absolute atomic E-state index is 0.952. The number of thiazole rings is 1. The molecule has 2 aromatic rings. The first-order valence-corrected chi connectivity index (χ1v) is 9.12. The van der Waals surface area contributed by atoms with Crippen molar-refractivity contribution < 1.29 is 0 Å². The predicted octanol–water partition coefficient (Wildman–Crippen LogP) is 5.09. The van der Waals surface area contributed by atoms with Crippen LogP contribution in [0.2, 0.25) is 0 Å². The third-order valence-corrected chi connectivity index (χ3v) is 5.65. The molecule has 1 N–H and O–H groups in total. The summed E-state index contributed by atoms with van der Waals surface area (Å²) in [7, 11) is 0. The molecular weight excluding hydrogens is 340 g/mol.